The molecule has 0 unspecified atom stereocenters. The third kappa shape index (κ3) is 4.51. The maximum atomic E-state index is 11.9. The Balaban J connectivity index is 2.00. The van der Waals surface area contributed by atoms with Gasteiger partial charge in [0, 0.05) is 12.1 Å². The van der Waals surface area contributed by atoms with Gasteiger partial charge in [-0.1, -0.05) is 18.2 Å². The molecule has 0 saturated carbocycles. The normalized spacial score (nSPS) is 22.5. The Hall–Kier alpha value is -1.53. The average molecular weight is 333 g/mol. The summed E-state index contributed by atoms with van der Waals surface area (Å²) in [6, 6.07) is 0. The van der Waals surface area contributed by atoms with Gasteiger partial charge in [-0.05, 0) is 60.0 Å². The zero-order chi connectivity index (χ0) is 18.2. The van der Waals surface area contributed by atoms with Crippen LogP contribution >= 0.6 is 0 Å². The lowest BCUT2D eigenvalue weighted by Crippen LogP contribution is -2.41. The number of nitrogens with one attached hydrogen (secondary N) is 1. The molecule has 0 atom stereocenters. The monoisotopic (exact) mass is 333 g/mol. The highest BCUT2D eigenvalue weighted by atomic mass is 16.7. The van der Waals surface area contributed by atoms with Crippen LogP contribution in [0.15, 0.2) is 35.5 Å². The molecule has 5 nitrogen and oxygen atoms in total. The van der Waals surface area contributed by atoms with Crippen molar-refractivity contribution in [1.29, 1.82) is 0 Å². The predicted octanol–water partition coefficient (Wildman–Crippen LogP) is 3.91. The van der Waals surface area contributed by atoms with Crippen molar-refractivity contribution in [3.05, 3.63) is 35.5 Å². The highest BCUT2D eigenvalue weighted by Gasteiger charge is 2.51. The smallest absolute Gasteiger partial charge is 0.444 e. The molecule has 1 aliphatic heterocycles. The summed E-state index contributed by atoms with van der Waals surface area (Å²) >= 11 is 0. The fourth-order valence-corrected chi connectivity index (χ4v) is 2.32. The van der Waals surface area contributed by atoms with Gasteiger partial charge in [0.2, 0.25) is 0 Å². The van der Waals surface area contributed by atoms with E-state index in [1.165, 1.54) is 0 Å². The zero-order valence-corrected chi connectivity index (χ0v) is 15.7. The Kier molecular flexibility index (Phi) is 5.02. The SMILES string of the molecule is CC(C)(C)OC(=O)NC1=CC=CC(B2OC(C)(C)C(C)(C)O2)=CC1. The first-order chi connectivity index (χ1) is 10.9. The van der Waals surface area contributed by atoms with Crippen LogP contribution < -0.4 is 5.32 Å². The quantitative estimate of drug-likeness (QED) is 0.779. The summed E-state index contributed by atoms with van der Waals surface area (Å²) in [5.74, 6) is 0. The van der Waals surface area contributed by atoms with Crippen molar-refractivity contribution in [3.8, 4) is 0 Å². The van der Waals surface area contributed by atoms with Crippen LogP contribution in [0.2, 0.25) is 0 Å². The molecule has 0 radical (unpaired) electrons. The van der Waals surface area contributed by atoms with Crippen molar-refractivity contribution in [3.63, 3.8) is 0 Å². The average Bonchev–Trinajstić information content (AvgIpc) is 2.54. The third-order valence-corrected chi connectivity index (χ3v) is 4.33. The highest BCUT2D eigenvalue weighted by molar-refractivity contribution is 6.55. The minimum Gasteiger partial charge on any atom is -0.444 e. The van der Waals surface area contributed by atoms with Gasteiger partial charge in [0.25, 0.3) is 0 Å². The van der Waals surface area contributed by atoms with E-state index < -0.39 is 18.8 Å². The molecule has 1 fully saturated rings. The van der Waals surface area contributed by atoms with Crippen molar-refractivity contribution >= 4 is 13.2 Å². The highest BCUT2D eigenvalue weighted by Crippen LogP contribution is 2.39. The second-order valence-electron chi connectivity index (χ2n) is 8.17. The second kappa shape index (κ2) is 6.41. The van der Waals surface area contributed by atoms with E-state index in [0.717, 1.165) is 11.2 Å². The fourth-order valence-electron chi connectivity index (χ4n) is 2.32. The van der Waals surface area contributed by atoms with Crippen LogP contribution in [0.4, 0.5) is 4.79 Å². The predicted molar refractivity (Wildman–Crippen MR) is 95.4 cm³/mol. The Bertz CT molecular complexity index is 581. The lowest BCUT2D eigenvalue weighted by Gasteiger charge is -2.32. The molecule has 0 aromatic heterocycles. The summed E-state index contributed by atoms with van der Waals surface area (Å²) in [5.41, 5.74) is 0.459. The number of alkyl carbamates (subject to hydrolysis) is 1. The lowest BCUT2D eigenvalue weighted by molar-refractivity contribution is 0.00578. The topological polar surface area (TPSA) is 56.8 Å². The molecular weight excluding hydrogens is 305 g/mol. The van der Waals surface area contributed by atoms with Gasteiger partial charge in [0.1, 0.15) is 5.60 Å². The molecule has 24 heavy (non-hydrogen) atoms. The largest absolute Gasteiger partial charge is 0.494 e. The summed E-state index contributed by atoms with van der Waals surface area (Å²) in [4.78, 5) is 11.9. The first-order valence-corrected chi connectivity index (χ1v) is 8.33. The van der Waals surface area contributed by atoms with Crippen molar-refractivity contribution < 1.29 is 18.8 Å². The van der Waals surface area contributed by atoms with Gasteiger partial charge >= 0.3 is 13.2 Å². The van der Waals surface area contributed by atoms with E-state index in [1.54, 1.807) is 0 Å². The summed E-state index contributed by atoms with van der Waals surface area (Å²) in [6.07, 6.45) is 7.83. The summed E-state index contributed by atoms with van der Waals surface area (Å²) in [6.45, 7) is 13.6. The number of amides is 1. The first-order valence-electron chi connectivity index (χ1n) is 8.33. The van der Waals surface area contributed by atoms with Crippen LogP contribution in [0.5, 0.6) is 0 Å². The Morgan fingerprint density at radius 2 is 1.79 bits per heavy atom. The molecule has 132 valence electrons. The van der Waals surface area contributed by atoms with E-state index in [4.69, 9.17) is 14.0 Å². The molecule has 2 rings (SSSR count). The molecular formula is C18H28BNO4. The minimum absolute atomic E-state index is 0.371. The lowest BCUT2D eigenvalue weighted by atomic mass is 9.77. The summed E-state index contributed by atoms with van der Waals surface area (Å²) in [5, 5.41) is 2.78. The molecule has 1 aliphatic carbocycles. The van der Waals surface area contributed by atoms with Crippen LogP contribution in [0.3, 0.4) is 0 Å². The standard InChI is InChI=1S/C18H28BNO4/c1-16(2,3)22-15(21)20-14-10-8-9-13(11-12-14)19-23-17(4,5)18(6,7)24-19/h8-11H,12H2,1-7H3,(H,20,21). The van der Waals surface area contributed by atoms with Gasteiger partial charge in [-0.25, -0.2) is 4.79 Å². The number of allylic oxidation sites excluding steroid dienone is 5. The van der Waals surface area contributed by atoms with Gasteiger partial charge in [-0.3, -0.25) is 5.32 Å². The molecule has 0 aromatic rings. The van der Waals surface area contributed by atoms with E-state index >= 15 is 0 Å². The Morgan fingerprint density at radius 3 is 2.33 bits per heavy atom. The van der Waals surface area contributed by atoms with Gasteiger partial charge in [-0.15, -0.1) is 0 Å². The number of hydrogen-bond acceptors (Lipinski definition) is 4. The van der Waals surface area contributed by atoms with E-state index in [0.29, 0.717) is 6.42 Å². The molecule has 0 aromatic carbocycles. The summed E-state index contributed by atoms with van der Waals surface area (Å²) < 4.78 is 17.4. The molecule has 1 heterocycles. The van der Waals surface area contributed by atoms with E-state index in [2.05, 4.69) is 5.32 Å². The molecule has 1 N–H and O–H groups in total. The molecule has 1 saturated heterocycles. The van der Waals surface area contributed by atoms with E-state index in [-0.39, 0.29) is 11.2 Å². The molecule has 2 aliphatic rings. The van der Waals surface area contributed by atoms with Crippen molar-refractivity contribution in [2.75, 3.05) is 0 Å². The first kappa shape index (κ1) is 18.8. The number of rotatable bonds is 2. The molecule has 0 bridgehead atoms. The summed E-state index contributed by atoms with van der Waals surface area (Å²) in [7, 11) is -0.402. The van der Waals surface area contributed by atoms with Crippen LogP contribution in [0, 0.1) is 0 Å². The van der Waals surface area contributed by atoms with Gasteiger partial charge in [0.15, 0.2) is 0 Å². The zero-order valence-electron chi connectivity index (χ0n) is 15.7. The molecule has 6 heteroatoms. The van der Waals surface area contributed by atoms with E-state index in [9.17, 15) is 4.79 Å². The maximum absolute atomic E-state index is 11.9. The van der Waals surface area contributed by atoms with Crippen LogP contribution in [0.25, 0.3) is 0 Å². The minimum atomic E-state index is -0.519. The number of carbonyl (C=O) groups is 1. The maximum Gasteiger partial charge on any atom is 0.494 e. The van der Waals surface area contributed by atoms with Gasteiger partial charge in [0.05, 0.1) is 11.2 Å². The van der Waals surface area contributed by atoms with E-state index in [1.807, 2.05) is 72.8 Å². The Morgan fingerprint density at radius 1 is 1.21 bits per heavy atom. The second-order valence-corrected chi connectivity index (χ2v) is 8.17. The Labute approximate surface area is 145 Å². The third-order valence-electron chi connectivity index (χ3n) is 4.33. The fraction of sp³-hybridized carbons (Fsp3) is 0.611. The van der Waals surface area contributed by atoms with Gasteiger partial charge < -0.3 is 14.0 Å². The van der Waals surface area contributed by atoms with Crippen molar-refractivity contribution in [2.24, 2.45) is 0 Å². The number of hydrogen-bond donors (Lipinski definition) is 1. The van der Waals surface area contributed by atoms with Crippen LogP contribution in [-0.4, -0.2) is 30.0 Å². The number of ether oxygens (including phenoxy) is 1. The van der Waals surface area contributed by atoms with Crippen LogP contribution in [-0.2, 0) is 14.0 Å². The van der Waals surface area contributed by atoms with Crippen molar-refractivity contribution in [2.45, 2.75) is 71.7 Å². The molecule has 1 amide bonds. The van der Waals surface area contributed by atoms with Gasteiger partial charge in [-0.2, -0.15) is 0 Å². The van der Waals surface area contributed by atoms with Crippen molar-refractivity contribution in [1.82, 2.24) is 5.32 Å². The van der Waals surface area contributed by atoms with Crippen LogP contribution in [0.1, 0.15) is 54.9 Å². The molecule has 0 spiro atoms. The number of carbonyl (C=O) groups excluding carboxylic acids is 1.